The molecule has 0 spiro atoms. The Bertz CT molecular complexity index is 1020. The van der Waals surface area contributed by atoms with Crippen molar-refractivity contribution in [1.82, 2.24) is 9.62 Å². The third-order valence-electron chi connectivity index (χ3n) is 6.26. The average molecular weight is 463 g/mol. The van der Waals surface area contributed by atoms with Crippen LogP contribution in [-0.4, -0.2) is 45.9 Å². The lowest BCUT2D eigenvalue weighted by molar-refractivity contribution is -0.121. The van der Waals surface area contributed by atoms with E-state index in [0.29, 0.717) is 13.0 Å². The first-order valence-corrected chi connectivity index (χ1v) is 12.3. The Morgan fingerprint density at radius 2 is 1.78 bits per heavy atom. The van der Waals surface area contributed by atoms with Crippen LogP contribution in [0.2, 0.25) is 0 Å². The first-order valence-electron chi connectivity index (χ1n) is 10.9. The van der Waals surface area contributed by atoms with E-state index in [1.54, 1.807) is 7.11 Å². The monoisotopic (exact) mass is 462 g/mol. The molecule has 32 heavy (non-hydrogen) atoms. The molecule has 1 aliphatic rings. The predicted octanol–water partition coefficient (Wildman–Crippen LogP) is 3.86. The molecule has 1 saturated carbocycles. The van der Waals surface area contributed by atoms with Crippen LogP contribution in [-0.2, 0) is 20.2 Å². The Balaban J connectivity index is 1.54. The van der Waals surface area contributed by atoms with Crippen molar-refractivity contribution in [2.24, 2.45) is 0 Å². The molecular formula is C24H31FN2O4S. The van der Waals surface area contributed by atoms with Gasteiger partial charge in [-0.3, -0.25) is 4.79 Å². The summed E-state index contributed by atoms with van der Waals surface area (Å²) in [6, 6.07) is 12.7. The molecule has 1 fully saturated rings. The van der Waals surface area contributed by atoms with Crippen LogP contribution >= 0.6 is 0 Å². The number of para-hydroxylation sites is 1. The molecule has 2 aromatic rings. The van der Waals surface area contributed by atoms with Gasteiger partial charge in [0.25, 0.3) is 0 Å². The summed E-state index contributed by atoms with van der Waals surface area (Å²) in [7, 11) is -0.584. The number of carbonyl (C=O) groups excluding carboxylic acids is 1. The fraction of sp³-hybridized carbons (Fsp3) is 0.458. The van der Waals surface area contributed by atoms with Crippen molar-refractivity contribution < 1.29 is 22.3 Å². The molecule has 0 aromatic heterocycles. The molecular weight excluding hydrogens is 431 g/mol. The van der Waals surface area contributed by atoms with Crippen LogP contribution in [0.4, 0.5) is 4.39 Å². The maximum Gasteiger partial charge on any atom is 0.242 e. The van der Waals surface area contributed by atoms with Crippen molar-refractivity contribution >= 4 is 15.9 Å². The number of amides is 1. The number of carbonyl (C=O) groups is 1. The van der Waals surface area contributed by atoms with E-state index in [0.717, 1.165) is 49.1 Å². The van der Waals surface area contributed by atoms with Crippen molar-refractivity contribution in [2.75, 3.05) is 27.2 Å². The molecule has 0 unspecified atom stereocenters. The minimum absolute atomic E-state index is 0.0332. The smallest absolute Gasteiger partial charge is 0.242 e. The largest absolute Gasteiger partial charge is 0.496 e. The third-order valence-corrected chi connectivity index (χ3v) is 8.13. The van der Waals surface area contributed by atoms with Gasteiger partial charge in [-0.15, -0.1) is 0 Å². The van der Waals surface area contributed by atoms with Crippen LogP contribution in [0.1, 0.15) is 44.1 Å². The fourth-order valence-electron chi connectivity index (χ4n) is 4.40. The molecule has 3 rings (SSSR count). The number of nitrogens with zero attached hydrogens (tertiary/aromatic N) is 1. The summed E-state index contributed by atoms with van der Waals surface area (Å²) in [5.41, 5.74) is 0.996. The van der Waals surface area contributed by atoms with Gasteiger partial charge in [0, 0.05) is 37.5 Å². The van der Waals surface area contributed by atoms with Crippen LogP contribution in [0.15, 0.2) is 53.4 Å². The average Bonchev–Trinajstić information content (AvgIpc) is 3.28. The molecule has 174 valence electrons. The molecule has 0 radical (unpaired) electrons. The van der Waals surface area contributed by atoms with E-state index in [9.17, 15) is 17.6 Å². The molecule has 8 heteroatoms. The summed E-state index contributed by atoms with van der Waals surface area (Å²) < 4.78 is 45.0. The standard InChI is InChI=1S/C24H31FN2O4S/c1-27(32(29,30)20-13-11-19(25)12-14-20)17-7-10-23(28)26-18-24(15-5-6-16-24)21-8-3-4-9-22(21)31-2/h3-4,8-9,11-14H,5-7,10,15-18H2,1-2H3,(H,26,28). The molecule has 1 aliphatic carbocycles. The van der Waals surface area contributed by atoms with Crippen molar-refractivity contribution in [3.63, 3.8) is 0 Å². The number of hydrogen-bond acceptors (Lipinski definition) is 4. The summed E-state index contributed by atoms with van der Waals surface area (Å²) in [6.07, 6.45) is 4.83. The van der Waals surface area contributed by atoms with E-state index >= 15 is 0 Å². The summed E-state index contributed by atoms with van der Waals surface area (Å²) in [4.78, 5) is 12.5. The summed E-state index contributed by atoms with van der Waals surface area (Å²) in [5.74, 6) is 0.256. The molecule has 0 saturated heterocycles. The van der Waals surface area contributed by atoms with Crippen LogP contribution in [0.25, 0.3) is 0 Å². The highest BCUT2D eigenvalue weighted by atomic mass is 32.2. The van der Waals surface area contributed by atoms with Crippen molar-refractivity contribution in [2.45, 2.75) is 48.8 Å². The Morgan fingerprint density at radius 1 is 1.12 bits per heavy atom. The second-order valence-corrected chi connectivity index (χ2v) is 10.4. The van der Waals surface area contributed by atoms with Gasteiger partial charge in [0.15, 0.2) is 0 Å². The normalized spacial score (nSPS) is 15.6. The van der Waals surface area contributed by atoms with E-state index in [4.69, 9.17) is 4.74 Å². The Kier molecular flexibility index (Phi) is 7.90. The third kappa shape index (κ3) is 5.48. The minimum Gasteiger partial charge on any atom is -0.496 e. The number of sulfonamides is 1. The van der Waals surface area contributed by atoms with Gasteiger partial charge in [-0.05, 0) is 49.6 Å². The quantitative estimate of drug-likeness (QED) is 0.582. The molecule has 0 aliphatic heterocycles. The number of rotatable bonds is 10. The van der Waals surface area contributed by atoms with Crippen LogP contribution in [0, 0.1) is 5.82 Å². The number of hydrogen-bond donors (Lipinski definition) is 1. The minimum atomic E-state index is -3.71. The Morgan fingerprint density at radius 3 is 2.44 bits per heavy atom. The van der Waals surface area contributed by atoms with Crippen LogP contribution in [0.3, 0.4) is 0 Å². The van der Waals surface area contributed by atoms with E-state index in [-0.39, 0.29) is 29.2 Å². The Hall–Kier alpha value is -2.45. The van der Waals surface area contributed by atoms with E-state index in [1.807, 2.05) is 18.2 Å². The maximum absolute atomic E-state index is 13.1. The van der Waals surface area contributed by atoms with Gasteiger partial charge < -0.3 is 10.1 Å². The highest BCUT2D eigenvalue weighted by Crippen LogP contribution is 2.44. The molecule has 1 amide bonds. The van der Waals surface area contributed by atoms with Crippen molar-refractivity contribution in [1.29, 1.82) is 0 Å². The number of methoxy groups -OCH3 is 1. The first kappa shape index (κ1) is 24.2. The lowest BCUT2D eigenvalue weighted by Gasteiger charge is -2.31. The molecule has 0 bridgehead atoms. The summed E-state index contributed by atoms with van der Waals surface area (Å²) in [6.45, 7) is 0.737. The highest BCUT2D eigenvalue weighted by molar-refractivity contribution is 7.89. The van der Waals surface area contributed by atoms with Gasteiger partial charge in [-0.1, -0.05) is 31.0 Å². The predicted molar refractivity (Wildman–Crippen MR) is 122 cm³/mol. The number of halogens is 1. The zero-order valence-electron chi connectivity index (χ0n) is 18.6. The zero-order valence-corrected chi connectivity index (χ0v) is 19.5. The molecule has 2 aromatic carbocycles. The van der Waals surface area contributed by atoms with E-state index < -0.39 is 15.8 Å². The number of nitrogens with one attached hydrogen (secondary N) is 1. The summed E-state index contributed by atoms with van der Waals surface area (Å²) in [5, 5.41) is 3.06. The number of ether oxygens (including phenoxy) is 1. The lowest BCUT2D eigenvalue weighted by Crippen LogP contribution is -2.39. The number of benzene rings is 2. The van der Waals surface area contributed by atoms with Gasteiger partial charge in [0.2, 0.25) is 15.9 Å². The molecule has 0 atom stereocenters. The van der Waals surface area contributed by atoms with Gasteiger partial charge >= 0.3 is 0 Å². The highest BCUT2D eigenvalue weighted by Gasteiger charge is 2.38. The van der Waals surface area contributed by atoms with Gasteiger partial charge in [0.05, 0.1) is 12.0 Å². The molecule has 1 N–H and O–H groups in total. The Labute approximate surface area is 189 Å². The van der Waals surface area contributed by atoms with Crippen molar-refractivity contribution in [3.05, 3.63) is 59.9 Å². The topological polar surface area (TPSA) is 75.7 Å². The summed E-state index contributed by atoms with van der Waals surface area (Å²) >= 11 is 0. The maximum atomic E-state index is 13.1. The van der Waals surface area contributed by atoms with Gasteiger partial charge in [-0.2, -0.15) is 0 Å². The van der Waals surface area contributed by atoms with E-state index in [2.05, 4.69) is 11.4 Å². The molecule has 6 nitrogen and oxygen atoms in total. The van der Waals surface area contributed by atoms with E-state index in [1.165, 1.54) is 23.5 Å². The fourth-order valence-corrected chi connectivity index (χ4v) is 5.61. The molecule has 0 heterocycles. The second kappa shape index (κ2) is 10.4. The SMILES string of the molecule is COc1ccccc1C1(CNC(=O)CCCN(C)S(=O)(=O)c2ccc(F)cc2)CCCC1. The lowest BCUT2D eigenvalue weighted by atomic mass is 9.78. The van der Waals surface area contributed by atoms with Gasteiger partial charge in [0.1, 0.15) is 11.6 Å². The zero-order chi connectivity index (χ0) is 23.2. The van der Waals surface area contributed by atoms with Crippen molar-refractivity contribution in [3.8, 4) is 5.75 Å². The van der Waals surface area contributed by atoms with Crippen LogP contribution in [0.5, 0.6) is 5.75 Å². The van der Waals surface area contributed by atoms with Crippen LogP contribution < -0.4 is 10.1 Å². The second-order valence-electron chi connectivity index (χ2n) is 8.35. The first-order chi connectivity index (χ1) is 15.3. The van der Waals surface area contributed by atoms with Gasteiger partial charge in [-0.25, -0.2) is 17.1 Å².